The SMILES string of the molecule is O=C(CSc1nnc(Nc2ccccc2)s1)c1ccc2c(c1)OCCO2. The van der Waals surface area contributed by atoms with Gasteiger partial charge < -0.3 is 14.8 Å². The number of Topliss-reactive ketones (excluding diaryl/α,β-unsaturated/α-hetero) is 1. The van der Waals surface area contributed by atoms with Gasteiger partial charge in [0, 0.05) is 11.3 Å². The van der Waals surface area contributed by atoms with E-state index in [0.717, 1.165) is 10.0 Å². The summed E-state index contributed by atoms with van der Waals surface area (Å²) in [6.45, 7) is 1.04. The minimum atomic E-state index is 0.0137. The topological polar surface area (TPSA) is 73.3 Å². The highest BCUT2D eigenvalue weighted by atomic mass is 32.2. The molecule has 0 saturated heterocycles. The summed E-state index contributed by atoms with van der Waals surface area (Å²) in [6, 6.07) is 15.0. The number of aromatic nitrogens is 2. The number of hydrogen-bond acceptors (Lipinski definition) is 8. The summed E-state index contributed by atoms with van der Waals surface area (Å²) in [5, 5.41) is 12.1. The Balaban J connectivity index is 1.36. The lowest BCUT2D eigenvalue weighted by Gasteiger charge is -2.18. The Hall–Kier alpha value is -2.58. The van der Waals surface area contributed by atoms with Crippen molar-refractivity contribution in [2.24, 2.45) is 0 Å². The number of para-hydroxylation sites is 1. The second-order valence-corrected chi connectivity index (χ2v) is 7.63. The fourth-order valence-corrected chi connectivity index (χ4v) is 4.06. The molecule has 26 heavy (non-hydrogen) atoms. The van der Waals surface area contributed by atoms with Crippen LogP contribution in [0.25, 0.3) is 0 Å². The first kappa shape index (κ1) is 16.9. The number of fused-ring (bicyclic) bond motifs is 1. The average molecular weight is 385 g/mol. The molecule has 0 atom stereocenters. The number of nitrogens with zero attached hydrogens (tertiary/aromatic N) is 2. The average Bonchev–Trinajstić information content (AvgIpc) is 3.14. The zero-order valence-electron chi connectivity index (χ0n) is 13.7. The number of anilines is 2. The molecule has 2 aromatic carbocycles. The molecule has 0 saturated carbocycles. The van der Waals surface area contributed by atoms with Crippen LogP contribution in [0, 0.1) is 0 Å². The first-order valence-electron chi connectivity index (χ1n) is 7.99. The lowest BCUT2D eigenvalue weighted by molar-refractivity contribution is 0.102. The lowest BCUT2D eigenvalue weighted by atomic mass is 10.1. The van der Waals surface area contributed by atoms with Crippen LogP contribution < -0.4 is 14.8 Å². The first-order chi connectivity index (χ1) is 12.8. The van der Waals surface area contributed by atoms with E-state index in [4.69, 9.17) is 9.47 Å². The molecule has 0 bridgehead atoms. The van der Waals surface area contributed by atoms with Gasteiger partial charge in [-0.15, -0.1) is 10.2 Å². The van der Waals surface area contributed by atoms with Gasteiger partial charge in [0.2, 0.25) is 5.13 Å². The van der Waals surface area contributed by atoms with Gasteiger partial charge in [0.1, 0.15) is 13.2 Å². The van der Waals surface area contributed by atoms with E-state index in [2.05, 4.69) is 15.5 Å². The van der Waals surface area contributed by atoms with Crippen LogP contribution in [0.5, 0.6) is 11.5 Å². The summed E-state index contributed by atoms with van der Waals surface area (Å²) in [6.07, 6.45) is 0. The van der Waals surface area contributed by atoms with Crippen molar-refractivity contribution >= 4 is 39.7 Å². The second kappa shape index (κ2) is 7.76. The van der Waals surface area contributed by atoms with Crippen LogP contribution in [0.4, 0.5) is 10.8 Å². The Morgan fingerprint density at radius 3 is 2.73 bits per heavy atom. The Bertz CT molecular complexity index is 915. The van der Waals surface area contributed by atoms with Crippen molar-refractivity contribution in [1.29, 1.82) is 0 Å². The molecule has 8 heteroatoms. The van der Waals surface area contributed by atoms with E-state index < -0.39 is 0 Å². The summed E-state index contributed by atoms with van der Waals surface area (Å²) in [5.41, 5.74) is 1.56. The minimum Gasteiger partial charge on any atom is -0.486 e. The number of carbonyl (C=O) groups is 1. The van der Waals surface area contributed by atoms with Crippen LogP contribution in [0.2, 0.25) is 0 Å². The van der Waals surface area contributed by atoms with E-state index >= 15 is 0 Å². The third-order valence-corrected chi connectivity index (χ3v) is 5.59. The van der Waals surface area contributed by atoms with Gasteiger partial charge in [0.15, 0.2) is 21.6 Å². The second-order valence-electron chi connectivity index (χ2n) is 5.43. The maximum atomic E-state index is 12.4. The molecule has 6 nitrogen and oxygen atoms in total. The number of hydrogen-bond donors (Lipinski definition) is 1. The molecular formula is C18H15N3O3S2. The van der Waals surface area contributed by atoms with Crippen LogP contribution >= 0.6 is 23.1 Å². The van der Waals surface area contributed by atoms with E-state index in [1.807, 2.05) is 30.3 Å². The normalized spacial score (nSPS) is 12.6. The van der Waals surface area contributed by atoms with Crippen molar-refractivity contribution < 1.29 is 14.3 Å². The van der Waals surface area contributed by atoms with Gasteiger partial charge in [-0.2, -0.15) is 0 Å². The Morgan fingerprint density at radius 1 is 1.08 bits per heavy atom. The lowest BCUT2D eigenvalue weighted by Crippen LogP contribution is -2.16. The van der Waals surface area contributed by atoms with Crippen LogP contribution in [0.15, 0.2) is 52.9 Å². The van der Waals surface area contributed by atoms with Crippen molar-refractivity contribution in [1.82, 2.24) is 10.2 Å². The molecule has 1 aliphatic rings. The predicted molar refractivity (Wildman–Crippen MR) is 102 cm³/mol. The quantitative estimate of drug-likeness (QED) is 0.507. The third-order valence-electron chi connectivity index (χ3n) is 3.62. The molecule has 1 N–H and O–H groups in total. The highest BCUT2D eigenvalue weighted by molar-refractivity contribution is 8.01. The summed E-state index contributed by atoms with van der Waals surface area (Å²) >= 11 is 2.80. The monoisotopic (exact) mass is 385 g/mol. The molecule has 0 unspecified atom stereocenters. The number of thioether (sulfide) groups is 1. The highest BCUT2D eigenvalue weighted by Gasteiger charge is 2.16. The summed E-state index contributed by atoms with van der Waals surface area (Å²) in [7, 11) is 0. The van der Waals surface area contributed by atoms with Crippen LogP contribution in [-0.2, 0) is 0 Å². The largest absolute Gasteiger partial charge is 0.486 e. The molecule has 3 aromatic rings. The standard InChI is InChI=1S/C18H15N3O3S2/c22-14(12-6-7-15-16(10-12)24-9-8-23-15)11-25-18-21-20-17(26-18)19-13-4-2-1-3-5-13/h1-7,10H,8-9,11H2,(H,19,20). The van der Waals surface area contributed by atoms with Crippen LogP contribution in [0.1, 0.15) is 10.4 Å². The molecule has 2 heterocycles. The van der Waals surface area contributed by atoms with Crippen LogP contribution in [0.3, 0.4) is 0 Å². The van der Waals surface area contributed by atoms with E-state index in [-0.39, 0.29) is 5.78 Å². The van der Waals surface area contributed by atoms with Gasteiger partial charge in [0.05, 0.1) is 5.75 Å². The molecule has 1 aliphatic heterocycles. The number of ketones is 1. The van der Waals surface area contributed by atoms with E-state index in [1.54, 1.807) is 18.2 Å². The summed E-state index contributed by atoms with van der Waals surface area (Å²) < 4.78 is 11.7. The Labute approximate surface area is 158 Å². The molecule has 0 amide bonds. The summed E-state index contributed by atoms with van der Waals surface area (Å²) in [4.78, 5) is 12.4. The number of carbonyl (C=O) groups excluding carboxylic acids is 1. The smallest absolute Gasteiger partial charge is 0.210 e. The molecule has 132 valence electrons. The number of rotatable bonds is 6. The third kappa shape index (κ3) is 3.97. The van der Waals surface area contributed by atoms with Gasteiger partial charge in [-0.3, -0.25) is 4.79 Å². The van der Waals surface area contributed by atoms with E-state index in [0.29, 0.717) is 41.2 Å². The van der Waals surface area contributed by atoms with Gasteiger partial charge in [-0.1, -0.05) is 41.3 Å². The zero-order chi connectivity index (χ0) is 17.8. The van der Waals surface area contributed by atoms with Crippen molar-refractivity contribution in [3.63, 3.8) is 0 Å². The molecule has 0 fully saturated rings. The highest BCUT2D eigenvalue weighted by Crippen LogP contribution is 2.32. The minimum absolute atomic E-state index is 0.0137. The number of benzene rings is 2. The Kier molecular flexibility index (Phi) is 5.03. The molecular weight excluding hydrogens is 370 g/mol. The van der Waals surface area contributed by atoms with Crippen molar-refractivity contribution in [3.05, 3.63) is 54.1 Å². The van der Waals surface area contributed by atoms with Gasteiger partial charge in [0.25, 0.3) is 0 Å². The predicted octanol–water partition coefficient (Wildman–Crippen LogP) is 4.03. The van der Waals surface area contributed by atoms with Gasteiger partial charge in [-0.05, 0) is 30.3 Å². The van der Waals surface area contributed by atoms with E-state index in [9.17, 15) is 4.79 Å². The number of nitrogens with one attached hydrogen (secondary N) is 1. The molecule has 4 rings (SSSR count). The molecule has 0 spiro atoms. The first-order valence-corrected chi connectivity index (χ1v) is 9.79. The maximum Gasteiger partial charge on any atom is 0.210 e. The van der Waals surface area contributed by atoms with Crippen molar-refractivity contribution in [3.8, 4) is 11.5 Å². The van der Waals surface area contributed by atoms with Gasteiger partial charge in [-0.25, -0.2) is 0 Å². The summed E-state index contributed by atoms with van der Waals surface area (Å²) in [5.74, 6) is 1.61. The maximum absolute atomic E-state index is 12.4. The van der Waals surface area contributed by atoms with Gasteiger partial charge >= 0.3 is 0 Å². The molecule has 1 aromatic heterocycles. The van der Waals surface area contributed by atoms with E-state index in [1.165, 1.54) is 23.1 Å². The Morgan fingerprint density at radius 2 is 1.88 bits per heavy atom. The molecule has 0 radical (unpaired) electrons. The van der Waals surface area contributed by atoms with Crippen LogP contribution in [-0.4, -0.2) is 34.9 Å². The fraction of sp³-hybridized carbons (Fsp3) is 0.167. The number of ether oxygens (including phenoxy) is 2. The van der Waals surface area contributed by atoms with Crippen molar-refractivity contribution in [2.75, 3.05) is 24.3 Å². The fourth-order valence-electron chi connectivity index (χ4n) is 2.39. The molecule has 0 aliphatic carbocycles. The van der Waals surface area contributed by atoms with Crippen molar-refractivity contribution in [2.45, 2.75) is 4.34 Å². The zero-order valence-corrected chi connectivity index (χ0v) is 15.3.